The van der Waals surface area contributed by atoms with Crippen molar-refractivity contribution in [2.45, 2.75) is 26.1 Å². The van der Waals surface area contributed by atoms with E-state index >= 15 is 0 Å². The summed E-state index contributed by atoms with van der Waals surface area (Å²) in [6, 6.07) is 0. The predicted octanol–water partition coefficient (Wildman–Crippen LogP) is 0.536. The van der Waals surface area contributed by atoms with E-state index in [0.717, 1.165) is 0 Å². The van der Waals surface area contributed by atoms with Crippen LogP contribution in [0.25, 0.3) is 0 Å². The molecule has 0 aliphatic rings. The third-order valence-corrected chi connectivity index (χ3v) is 3.79. The van der Waals surface area contributed by atoms with Gasteiger partial charge < -0.3 is 9.67 Å². The maximum absolute atomic E-state index is 11.4. The lowest BCUT2D eigenvalue weighted by Crippen LogP contribution is -2.11. The Hall–Kier alpha value is -1.37. The van der Waals surface area contributed by atoms with Crippen LogP contribution in [0, 0.1) is 0 Å². The monoisotopic (exact) mass is 246 g/mol. The van der Waals surface area contributed by atoms with Crippen molar-refractivity contribution in [3.8, 4) is 0 Å². The average Bonchev–Trinajstić information content (AvgIpc) is 2.60. The van der Waals surface area contributed by atoms with E-state index in [-0.39, 0.29) is 23.0 Å². The largest absolute Gasteiger partial charge is 0.476 e. The standard InChI is InChI=1S/C9H14N2O4S/c1-3-11-5-7(9(12)13)10-8(11)6-16(14,15)4-2/h5H,3-4,6H2,1-2H3,(H,12,13). The van der Waals surface area contributed by atoms with Gasteiger partial charge in [0, 0.05) is 18.5 Å². The van der Waals surface area contributed by atoms with Crippen molar-refractivity contribution in [1.82, 2.24) is 9.55 Å². The number of rotatable bonds is 5. The van der Waals surface area contributed by atoms with Crippen LogP contribution in [0.5, 0.6) is 0 Å². The Morgan fingerprint density at radius 1 is 1.50 bits per heavy atom. The zero-order valence-electron chi connectivity index (χ0n) is 9.17. The third-order valence-electron chi connectivity index (χ3n) is 2.21. The lowest BCUT2D eigenvalue weighted by Gasteiger charge is -2.03. The first-order valence-electron chi connectivity index (χ1n) is 4.89. The number of hydrogen-bond donors (Lipinski definition) is 1. The lowest BCUT2D eigenvalue weighted by molar-refractivity contribution is 0.0691. The maximum atomic E-state index is 11.4. The highest BCUT2D eigenvalue weighted by molar-refractivity contribution is 7.90. The van der Waals surface area contributed by atoms with Gasteiger partial charge in [0.2, 0.25) is 0 Å². The molecule has 0 aliphatic carbocycles. The van der Waals surface area contributed by atoms with Crippen molar-refractivity contribution in [3.05, 3.63) is 17.7 Å². The Bertz CT molecular complexity index is 490. The Labute approximate surface area is 93.8 Å². The van der Waals surface area contributed by atoms with Crippen LogP contribution in [0.4, 0.5) is 0 Å². The fraction of sp³-hybridized carbons (Fsp3) is 0.556. The number of aromatic nitrogens is 2. The Kier molecular flexibility index (Phi) is 3.69. The number of carboxylic acids is 1. The van der Waals surface area contributed by atoms with Crippen LogP contribution in [-0.2, 0) is 22.1 Å². The molecule has 0 fully saturated rings. The van der Waals surface area contributed by atoms with E-state index in [0.29, 0.717) is 6.54 Å². The summed E-state index contributed by atoms with van der Waals surface area (Å²) in [5, 5.41) is 8.75. The topological polar surface area (TPSA) is 89.3 Å². The fourth-order valence-corrected chi connectivity index (χ4v) is 2.07. The van der Waals surface area contributed by atoms with Gasteiger partial charge in [-0.05, 0) is 6.92 Å². The molecule has 16 heavy (non-hydrogen) atoms. The van der Waals surface area contributed by atoms with Gasteiger partial charge in [-0.1, -0.05) is 6.92 Å². The van der Waals surface area contributed by atoms with Crippen molar-refractivity contribution < 1.29 is 18.3 Å². The maximum Gasteiger partial charge on any atom is 0.356 e. The van der Waals surface area contributed by atoms with E-state index in [2.05, 4.69) is 4.98 Å². The molecule has 0 saturated carbocycles. The molecule has 0 radical (unpaired) electrons. The lowest BCUT2D eigenvalue weighted by atomic mass is 10.5. The Morgan fingerprint density at radius 2 is 2.12 bits per heavy atom. The summed E-state index contributed by atoms with van der Waals surface area (Å²) < 4.78 is 24.4. The molecule has 0 aromatic carbocycles. The van der Waals surface area contributed by atoms with Crippen molar-refractivity contribution in [1.29, 1.82) is 0 Å². The molecule has 6 nitrogen and oxygen atoms in total. The van der Waals surface area contributed by atoms with Gasteiger partial charge in [-0.15, -0.1) is 0 Å². The van der Waals surface area contributed by atoms with Crippen molar-refractivity contribution >= 4 is 15.8 Å². The molecule has 0 unspecified atom stereocenters. The number of carbonyl (C=O) groups is 1. The highest BCUT2D eigenvalue weighted by atomic mass is 32.2. The van der Waals surface area contributed by atoms with Crippen LogP contribution in [0.3, 0.4) is 0 Å². The van der Waals surface area contributed by atoms with E-state index < -0.39 is 15.8 Å². The summed E-state index contributed by atoms with van der Waals surface area (Å²) in [7, 11) is -3.19. The number of carboxylic acid groups (broad SMARTS) is 1. The second-order valence-electron chi connectivity index (χ2n) is 3.31. The van der Waals surface area contributed by atoms with Gasteiger partial charge in [0.1, 0.15) is 11.6 Å². The molecule has 0 amide bonds. The highest BCUT2D eigenvalue weighted by Gasteiger charge is 2.17. The van der Waals surface area contributed by atoms with Crippen LogP contribution in [0.2, 0.25) is 0 Å². The van der Waals surface area contributed by atoms with E-state index in [9.17, 15) is 13.2 Å². The van der Waals surface area contributed by atoms with E-state index in [4.69, 9.17) is 5.11 Å². The first kappa shape index (κ1) is 12.7. The van der Waals surface area contributed by atoms with Gasteiger partial charge in [0.15, 0.2) is 15.5 Å². The van der Waals surface area contributed by atoms with Crippen molar-refractivity contribution in [2.24, 2.45) is 0 Å². The van der Waals surface area contributed by atoms with Gasteiger partial charge in [0.05, 0.1) is 0 Å². The molecule has 1 rings (SSSR count). The number of nitrogens with zero attached hydrogens (tertiary/aromatic N) is 2. The zero-order chi connectivity index (χ0) is 12.3. The SMILES string of the molecule is CCn1cc(C(=O)O)nc1CS(=O)(=O)CC. The summed E-state index contributed by atoms with van der Waals surface area (Å²) in [5.74, 6) is -1.07. The van der Waals surface area contributed by atoms with Gasteiger partial charge in [-0.25, -0.2) is 18.2 Å². The fourth-order valence-electron chi connectivity index (χ4n) is 1.25. The zero-order valence-corrected chi connectivity index (χ0v) is 9.99. The van der Waals surface area contributed by atoms with E-state index in [1.54, 1.807) is 13.8 Å². The minimum atomic E-state index is -3.19. The van der Waals surface area contributed by atoms with Gasteiger partial charge >= 0.3 is 5.97 Å². The van der Waals surface area contributed by atoms with Crippen LogP contribution in [0.15, 0.2) is 6.20 Å². The van der Waals surface area contributed by atoms with Gasteiger partial charge in [-0.3, -0.25) is 0 Å². The molecular weight excluding hydrogens is 232 g/mol. The Balaban J connectivity index is 3.08. The molecule has 1 heterocycles. The van der Waals surface area contributed by atoms with Crippen molar-refractivity contribution in [2.75, 3.05) is 5.75 Å². The molecule has 90 valence electrons. The first-order valence-corrected chi connectivity index (χ1v) is 6.71. The van der Waals surface area contributed by atoms with Crippen LogP contribution in [0.1, 0.15) is 30.2 Å². The molecule has 1 N–H and O–H groups in total. The quantitative estimate of drug-likeness (QED) is 0.818. The van der Waals surface area contributed by atoms with Gasteiger partial charge in [0.25, 0.3) is 0 Å². The third kappa shape index (κ3) is 2.82. The summed E-state index contributed by atoms with van der Waals surface area (Å²) >= 11 is 0. The second-order valence-corrected chi connectivity index (χ2v) is 5.66. The molecule has 1 aromatic heterocycles. The average molecular weight is 246 g/mol. The summed E-state index contributed by atoms with van der Waals surface area (Å²) in [5.41, 5.74) is -0.122. The molecule has 0 atom stereocenters. The minimum Gasteiger partial charge on any atom is -0.476 e. The highest BCUT2D eigenvalue weighted by Crippen LogP contribution is 2.08. The van der Waals surface area contributed by atoms with Crippen molar-refractivity contribution in [3.63, 3.8) is 0 Å². The summed E-state index contributed by atoms with van der Waals surface area (Å²) in [6.07, 6.45) is 1.35. The molecule has 0 spiro atoms. The number of imidazole rings is 1. The number of aromatic carboxylic acids is 1. The first-order chi connectivity index (χ1) is 7.39. The molecule has 0 bridgehead atoms. The smallest absolute Gasteiger partial charge is 0.356 e. The number of aryl methyl sites for hydroxylation is 1. The number of hydrogen-bond acceptors (Lipinski definition) is 4. The van der Waals surface area contributed by atoms with E-state index in [1.165, 1.54) is 10.8 Å². The molecule has 7 heteroatoms. The Morgan fingerprint density at radius 3 is 2.56 bits per heavy atom. The normalized spacial score (nSPS) is 11.6. The minimum absolute atomic E-state index is 0.0198. The van der Waals surface area contributed by atoms with Crippen LogP contribution >= 0.6 is 0 Å². The molecule has 0 aliphatic heterocycles. The van der Waals surface area contributed by atoms with Gasteiger partial charge in [-0.2, -0.15) is 0 Å². The molecular formula is C9H14N2O4S. The number of sulfone groups is 1. The van der Waals surface area contributed by atoms with E-state index in [1.807, 2.05) is 0 Å². The predicted molar refractivity (Wildman–Crippen MR) is 58.0 cm³/mol. The molecule has 0 saturated heterocycles. The van der Waals surface area contributed by atoms with Crippen LogP contribution < -0.4 is 0 Å². The summed E-state index contributed by atoms with van der Waals surface area (Å²) in [4.78, 5) is 14.5. The van der Waals surface area contributed by atoms with Crippen LogP contribution in [-0.4, -0.2) is 34.8 Å². The summed E-state index contributed by atoms with van der Waals surface area (Å²) in [6.45, 7) is 3.84. The molecule has 1 aromatic rings. The second kappa shape index (κ2) is 4.65.